The van der Waals surface area contributed by atoms with Crippen LogP contribution in [0.25, 0.3) is 0 Å². The Morgan fingerprint density at radius 1 is 1.03 bits per heavy atom. The average Bonchev–Trinajstić information content (AvgIpc) is 3.21. The SMILES string of the molecule is CC(C)(C)OC(=O)N[C@H](Cc1ccc(C(F)(F)F)cc1)[C@@H]1O[C@@H](C=O)C[C@@H]1[C@H](c1ccccc1)C(F)(F)F. The van der Waals surface area contributed by atoms with Gasteiger partial charge in [0.15, 0.2) is 0 Å². The summed E-state index contributed by atoms with van der Waals surface area (Å²) in [5.41, 5.74) is -1.53. The molecular weight excluding hydrogens is 516 g/mol. The number of benzene rings is 2. The van der Waals surface area contributed by atoms with Gasteiger partial charge in [-0.05, 0) is 56.9 Å². The molecule has 2 aromatic carbocycles. The van der Waals surface area contributed by atoms with Crippen molar-refractivity contribution in [3.05, 3.63) is 71.3 Å². The molecule has 0 bridgehead atoms. The molecule has 208 valence electrons. The molecule has 0 radical (unpaired) electrons. The van der Waals surface area contributed by atoms with Gasteiger partial charge in [-0.1, -0.05) is 42.5 Å². The molecule has 0 aromatic heterocycles. The van der Waals surface area contributed by atoms with Crippen LogP contribution < -0.4 is 5.32 Å². The highest BCUT2D eigenvalue weighted by molar-refractivity contribution is 5.68. The van der Waals surface area contributed by atoms with Crippen molar-refractivity contribution in [2.24, 2.45) is 5.92 Å². The molecule has 38 heavy (non-hydrogen) atoms. The van der Waals surface area contributed by atoms with E-state index in [0.717, 1.165) is 12.1 Å². The van der Waals surface area contributed by atoms with Crippen molar-refractivity contribution >= 4 is 12.4 Å². The number of carbonyl (C=O) groups is 2. The Kier molecular flexibility index (Phi) is 8.80. The van der Waals surface area contributed by atoms with Crippen LogP contribution in [0.4, 0.5) is 31.1 Å². The second-order valence-electron chi connectivity index (χ2n) is 10.3. The van der Waals surface area contributed by atoms with Gasteiger partial charge in [-0.2, -0.15) is 26.3 Å². The third kappa shape index (κ3) is 7.72. The highest BCUT2D eigenvalue weighted by Crippen LogP contribution is 2.48. The fraction of sp³-hybridized carbons (Fsp3) is 0.481. The van der Waals surface area contributed by atoms with Crippen molar-refractivity contribution in [1.29, 1.82) is 0 Å². The lowest BCUT2D eigenvalue weighted by molar-refractivity contribution is -0.167. The highest BCUT2D eigenvalue weighted by atomic mass is 19.4. The van der Waals surface area contributed by atoms with Gasteiger partial charge in [-0.25, -0.2) is 4.79 Å². The summed E-state index contributed by atoms with van der Waals surface area (Å²) >= 11 is 0. The first-order chi connectivity index (χ1) is 17.6. The zero-order valence-electron chi connectivity index (χ0n) is 21.0. The molecule has 5 atom stereocenters. The molecule has 0 saturated carbocycles. The average molecular weight is 546 g/mol. The Balaban J connectivity index is 2.01. The molecule has 2 aromatic rings. The summed E-state index contributed by atoms with van der Waals surface area (Å²) in [7, 11) is 0. The van der Waals surface area contributed by atoms with Gasteiger partial charge < -0.3 is 19.6 Å². The molecular formula is C27H29F6NO4. The van der Waals surface area contributed by atoms with Gasteiger partial charge in [0.1, 0.15) is 18.0 Å². The lowest BCUT2D eigenvalue weighted by atomic mass is 9.77. The van der Waals surface area contributed by atoms with E-state index in [1.165, 1.54) is 36.4 Å². The topological polar surface area (TPSA) is 64.6 Å². The van der Waals surface area contributed by atoms with E-state index in [2.05, 4.69) is 5.32 Å². The first-order valence-corrected chi connectivity index (χ1v) is 12.0. The molecule has 0 unspecified atom stereocenters. The third-order valence-corrected chi connectivity index (χ3v) is 6.19. The fourth-order valence-corrected chi connectivity index (χ4v) is 4.70. The third-order valence-electron chi connectivity index (χ3n) is 6.19. The smallest absolute Gasteiger partial charge is 0.416 e. The van der Waals surface area contributed by atoms with Gasteiger partial charge in [-0.3, -0.25) is 0 Å². The molecule has 1 aliphatic rings. The number of alkyl carbamates (subject to hydrolysis) is 1. The van der Waals surface area contributed by atoms with Crippen LogP contribution in [-0.2, 0) is 26.9 Å². The largest absolute Gasteiger partial charge is 0.444 e. The molecule has 11 heteroatoms. The minimum atomic E-state index is -4.71. The van der Waals surface area contributed by atoms with Crippen LogP contribution in [0.15, 0.2) is 54.6 Å². The van der Waals surface area contributed by atoms with Gasteiger partial charge in [0.25, 0.3) is 0 Å². The van der Waals surface area contributed by atoms with Gasteiger partial charge in [0, 0.05) is 5.92 Å². The van der Waals surface area contributed by atoms with Crippen LogP contribution in [-0.4, -0.2) is 42.4 Å². The quantitative estimate of drug-likeness (QED) is 0.321. The fourth-order valence-electron chi connectivity index (χ4n) is 4.70. The van der Waals surface area contributed by atoms with Crippen molar-refractivity contribution in [2.45, 2.75) is 75.7 Å². The monoisotopic (exact) mass is 545 g/mol. The van der Waals surface area contributed by atoms with Crippen molar-refractivity contribution in [2.75, 3.05) is 0 Å². The normalized spacial score (nSPS) is 22.0. The lowest BCUT2D eigenvalue weighted by Crippen LogP contribution is -2.50. The van der Waals surface area contributed by atoms with E-state index in [-0.39, 0.29) is 18.4 Å². The highest BCUT2D eigenvalue weighted by Gasteiger charge is 2.54. The second-order valence-corrected chi connectivity index (χ2v) is 10.3. The maximum Gasteiger partial charge on any atom is 0.416 e. The first kappa shape index (κ1) is 29.5. The van der Waals surface area contributed by atoms with E-state index in [1.807, 2.05) is 0 Å². The summed E-state index contributed by atoms with van der Waals surface area (Å²) in [6, 6.07) is 10.1. The predicted molar refractivity (Wildman–Crippen MR) is 126 cm³/mol. The van der Waals surface area contributed by atoms with Crippen LogP contribution in [0, 0.1) is 5.92 Å². The minimum absolute atomic E-state index is 0.0318. The van der Waals surface area contributed by atoms with Gasteiger partial charge in [0.05, 0.1) is 23.6 Å². The zero-order valence-corrected chi connectivity index (χ0v) is 21.0. The van der Waals surface area contributed by atoms with Crippen molar-refractivity contribution in [1.82, 2.24) is 5.32 Å². The number of hydrogen-bond acceptors (Lipinski definition) is 4. The van der Waals surface area contributed by atoms with Crippen molar-refractivity contribution in [3.8, 4) is 0 Å². The Hall–Kier alpha value is -3.08. The Morgan fingerprint density at radius 3 is 2.13 bits per heavy atom. The summed E-state index contributed by atoms with van der Waals surface area (Å²) in [5.74, 6) is -3.30. The lowest BCUT2D eigenvalue weighted by Gasteiger charge is -2.34. The summed E-state index contributed by atoms with van der Waals surface area (Å²) in [5, 5.41) is 2.55. The van der Waals surface area contributed by atoms with Gasteiger partial charge in [0.2, 0.25) is 0 Å². The first-order valence-electron chi connectivity index (χ1n) is 12.0. The van der Waals surface area contributed by atoms with E-state index >= 15 is 0 Å². The molecule has 1 N–H and O–H groups in total. The molecule has 1 aliphatic heterocycles. The Bertz CT molecular complexity index is 1080. The molecule has 0 aliphatic carbocycles. The van der Waals surface area contributed by atoms with Crippen LogP contribution in [0.2, 0.25) is 0 Å². The molecule has 5 nitrogen and oxygen atoms in total. The maximum atomic E-state index is 14.4. The number of alkyl halides is 6. The van der Waals surface area contributed by atoms with E-state index < -0.39 is 59.7 Å². The number of aldehydes is 1. The van der Waals surface area contributed by atoms with Gasteiger partial charge in [-0.15, -0.1) is 0 Å². The van der Waals surface area contributed by atoms with Crippen molar-refractivity contribution in [3.63, 3.8) is 0 Å². The van der Waals surface area contributed by atoms with E-state index in [4.69, 9.17) is 9.47 Å². The van der Waals surface area contributed by atoms with E-state index in [1.54, 1.807) is 26.8 Å². The van der Waals surface area contributed by atoms with Gasteiger partial charge >= 0.3 is 18.4 Å². The Morgan fingerprint density at radius 2 is 1.63 bits per heavy atom. The molecule has 1 amide bonds. The zero-order chi connectivity index (χ0) is 28.3. The molecule has 1 saturated heterocycles. The van der Waals surface area contributed by atoms with Crippen LogP contribution >= 0.6 is 0 Å². The minimum Gasteiger partial charge on any atom is -0.444 e. The van der Waals surface area contributed by atoms with Crippen LogP contribution in [0.3, 0.4) is 0 Å². The van der Waals surface area contributed by atoms with Crippen LogP contribution in [0.1, 0.15) is 49.8 Å². The summed E-state index contributed by atoms with van der Waals surface area (Å²) < 4.78 is 93.4. The number of hydrogen-bond donors (Lipinski definition) is 1. The van der Waals surface area contributed by atoms with E-state index in [9.17, 15) is 35.9 Å². The number of rotatable bonds is 7. The number of carbonyl (C=O) groups excluding carboxylic acids is 2. The molecule has 1 fully saturated rings. The van der Waals surface area contributed by atoms with Crippen LogP contribution in [0.5, 0.6) is 0 Å². The summed E-state index contributed by atoms with van der Waals surface area (Å²) in [6.45, 7) is 4.80. The maximum absolute atomic E-state index is 14.4. The number of amides is 1. The summed E-state index contributed by atoms with van der Waals surface area (Å²) in [4.78, 5) is 24.3. The molecule has 0 spiro atoms. The predicted octanol–water partition coefficient (Wildman–Crippen LogP) is 6.46. The summed E-state index contributed by atoms with van der Waals surface area (Å²) in [6.07, 6.45) is -12.7. The molecule has 3 rings (SSSR count). The molecule has 1 heterocycles. The second kappa shape index (κ2) is 11.3. The van der Waals surface area contributed by atoms with E-state index in [0.29, 0.717) is 11.8 Å². The standard InChI is InChI=1S/C27H29F6NO4/c1-25(2,3)38-24(36)34-21(13-16-9-11-18(12-10-16)26(28,29)30)23-20(14-19(15-35)37-23)22(27(31,32)33)17-7-5-4-6-8-17/h4-12,15,19-23H,13-14H2,1-3H3,(H,34,36)/t19-,20-,21-,22+,23-/m1/s1. The number of nitrogens with one attached hydrogen (secondary N) is 1. The number of halogens is 6. The number of ether oxygens (including phenoxy) is 2. The van der Waals surface area contributed by atoms with Crippen molar-refractivity contribution < 1.29 is 45.4 Å². The Labute approximate surface area is 216 Å².